The minimum absolute atomic E-state index is 0.150. The van der Waals surface area contributed by atoms with Crippen LogP contribution in [0.1, 0.15) is 12.5 Å². The number of hydrogen-bond donors (Lipinski definition) is 1. The normalized spacial score (nSPS) is 12.2. The molecule has 1 atom stereocenters. The van der Waals surface area contributed by atoms with Gasteiger partial charge in [-0.25, -0.2) is 4.79 Å². The Hall–Kier alpha value is -3.62. The highest BCUT2D eigenvalue weighted by atomic mass is 16.7. The van der Waals surface area contributed by atoms with Crippen LogP contribution in [0.2, 0.25) is 0 Å². The maximum absolute atomic E-state index is 11.9. The molecule has 0 aromatic heterocycles. The molecule has 136 valence electrons. The van der Waals surface area contributed by atoms with E-state index in [2.05, 4.69) is 5.16 Å². The molecule has 2 aromatic carbocycles. The van der Waals surface area contributed by atoms with Crippen molar-refractivity contribution in [3.05, 3.63) is 64.2 Å². The Bertz CT molecular complexity index is 820. The Balaban J connectivity index is 1.98. The Morgan fingerprint density at radius 3 is 2.46 bits per heavy atom. The van der Waals surface area contributed by atoms with E-state index in [1.807, 2.05) is 0 Å². The van der Waals surface area contributed by atoms with E-state index in [0.717, 1.165) is 0 Å². The summed E-state index contributed by atoms with van der Waals surface area (Å²) in [6, 6.07) is 12.2. The van der Waals surface area contributed by atoms with Crippen molar-refractivity contribution in [2.75, 3.05) is 7.11 Å². The number of ether oxygens (including phenoxy) is 2. The van der Waals surface area contributed by atoms with E-state index >= 15 is 0 Å². The molecule has 0 heterocycles. The molecule has 2 aromatic rings. The van der Waals surface area contributed by atoms with E-state index in [0.29, 0.717) is 11.5 Å². The number of nitro benzene ring substituents is 1. The molecule has 26 heavy (non-hydrogen) atoms. The lowest BCUT2D eigenvalue weighted by Gasteiger charge is -2.12. The molecule has 0 aliphatic carbocycles. The third-order valence-corrected chi connectivity index (χ3v) is 3.29. The topological polar surface area (TPSA) is 126 Å². The molecule has 9 nitrogen and oxygen atoms in total. The van der Waals surface area contributed by atoms with Gasteiger partial charge in [0.05, 0.1) is 12.0 Å². The standard InChI is InChI=1S/C17H17N3O6/c1-11(25-15-8-6-14(24-2)7-9-15)17(21)26-19-16(18)12-4-3-5-13(10-12)20(22)23/h3-11H,1-2H3,(H2,18,19)/t11-/m0/s1. The second-order valence-electron chi connectivity index (χ2n) is 5.13. The van der Waals surface area contributed by atoms with Crippen molar-refractivity contribution < 1.29 is 24.0 Å². The molecule has 2 rings (SSSR count). The monoisotopic (exact) mass is 359 g/mol. The van der Waals surface area contributed by atoms with Gasteiger partial charge < -0.3 is 20.0 Å². The number of nitrogens with zero attached hydrogens (tertiary/aromatic N) is 2. The first kappa shape index (κ1) is 18.7. The minimum Gasteiger partial charge on any atom is -0.497 e. The molecular weight excluding hydrogens is 342 g/mol. The van der Waals surface area contributed by atoms with Crippen LogP contribution in [-0.2, 0) is 9.63 Å². The van der Waals surface area contributed by atoms with Crippen LogP contribution < -0.4 is 15.2 Å². The van der Waals surface area contributed by atoms with Crippen LogP contribution in [0, 0.1) is 10.1 Å². The molecule has 0 aliphatic heterocycles. The summed E-state index contributed by atoms with van der Waals surface area (Å²) in [6.07, 6.45) is -0.940. The van der Waals surface area contributed by atoms with Crippen LogP contribution >= 0.6 is 0 Å². The Kier molecular flexibility index (Phi) is 6.10. The maximum atomic E-state index is 11.9. The van der Waals surface area contributed by atoms with Gasteiger partial charge in [-0.2, -0.15) is 0 Å². The van der Waals surface area contributed by atoms with Crippen LogP contribution in [-0.4, -0.2) is 29.9 Å². The average Bonchev–Trinajstić information content (AvgIpc) is 2.66. The van der Waals surface area contributed by atoms with Crippen molar-refractivity contribution >= 4 is 17.5 Å². The van der Waals surface area contributed by atoms with Gasteiger partial charge in [-0.15, -0.1) is 0 Å². The summed E-state index contributed by atoms with van der Waals surface area (Å²) in [5, 5.41) is 14.3. The van der Waals surface area contributed by atoms with Crippen molar-refractivity contribution in [2.45, 2.75) is 13.0 Å². The first-order valence-electron chi connectivity index (χ1n) is 7.50. The summed E-state index contributed by atoms with van der Waals surface area (Å²) in [7, 11) is 1.54. The predicted molar refractivity (Wildman–Crippen MR) is 93.0 cm³/mol. The number of non-ortho nitro benzene ring substituents is 1. The van der Waals surface area contributed by atoms with E-state index < -0.39 is 17.0 Å². The van der Waals surface area contributed by atoms with E-state index in [4.69, 9.17) is 20.0 Å². The van der Waals surface area contributed by atoms with Gasteiger partial charge in [-0.3, -0.25) is 10.1 Å². The minimum atomic E-state index is -0.940. The molecule has 2 N–H and O–H groups in total. The molecule has 0 saturated carbocycles. The fraction of sp³-hybridized carbons (Fsp3) is 0.176. The van der Waals surface area contributed by atoms with Crippen molar-refractivity contribution in [3.63, 3.8) is 0 Å². The molecule has 0 fully saturated rings. The fourth-order valence-corrected chi connectivity index (χ4v) is 1.91. The average molecular weight is 359 g/mol. The molecule has 0 aliphatic rings. The number of carbonyl (C=O) groups excluding carboxylic acids is 1. The smallest absolute Gasteiger partial charge is 0.374 e. The quantitative estimate of drug-likeness (QED) is 0.264. The summed E-state index contributed by atoms with van der Waals surface area (Å²) in [4.78, 5) is 26.9. The van der Waals surface area contributed by atoms with Gasteiger partial charge in [0.1, 0.15) is 11.5 Å². The molecule has 0 saturated heterocycles. The molecular formula is C17H17N3O6. The van der Waals surface area contributed by atoms with Gasteiger partial charge in [-0.05, 0) is 31.2 Å². The Morgan fingerprint density at radius 1 is 1.19 bits per heavy atom. The number of amidine groups is 1. The van der Waals surface area contributed by atoms with Gasteiger partial charge in [0.25, 0.3) is 5.69 Å². The second-order valence-corrected chi connectivity index (χ2v) is 5.13. The summed E-state index contributed by atoms with van der Waals surface area (Å²) < 4.78 is 10.5. The summed E-state index contributed by atoms with van der Waals surface area (Å²) >= 11 is 0. The van der Waals surface area contributed by atoms with E-state index in [-0.39, 0.29) is 17.1 Å². The highest BCUT2D eigenvalue weighted by Crippen LogP contribution is 2.18. The number of rotatable bonds is 7. The molecule has 0 radical (unpaired) electrons. The van der Waals surface area contributed by atoms with Crippen molar-refractivity contribution in [2.24, 2.45) is 10.9 Å². The third-order valence-electron chi connectivity index (χ3n) is 3.29. The number of nitrogens with two attached hydrogens (primary N) is 1. The Labute approximate surface area is 149 Å². The molecule has 0 spiro atoms. The lowest BCUT2D eigenvalue weighted by atomic mass is 10.2. The zero-order chi connectivity index (χ0) is 19.1. The van der Waals surface area contributed by atoms with Crippen LogP contribution in [0.25, 0.3) is 0 Å². The molecule has 0 unspecified atom stereocenters. The van der Waals surface area contributed by atoms with Gasteiger partial charge >= 0.3 is 5.97 Å². The lowest BCUT2D eigenvalue weighted by Crippen LogP contribution is -2.26. The highest BCUT2D eigenvalue weighted by molar-refractivity contribution is 5.98. The first-order chi connectivity index (χ1) is 12.4. The summed E-state index contributed by atoms with van der Waals surface area (Å²) in [5.41, 5.74) is 5.80. The zero-order valence-electron chi connectivity index (χ0n) is 14.1. The number of benzene rings is 2. The SMILES string of the molecule is COc1ccc(O[C@@H](C)C(=O)O/N=C(/N)c2cccc([N+](=O)[O-])c2)cc1. The van der Waals surface area contributed by atoms with Crippen LogP contribution in [0.3, 0.4) is 0 Å². The number of hydrogen-bond acceptors (Lipinski definition) is 7. The molecule has 0 amide bonds. The van der Waals surface area contributed by atoms with Gasteiger partial charge in [-0.1, -0.05) is 17.3 Å². The van der Waals surface area contributed by atoms with E-state index in [9.17, 15) is 14.9 Å². The van der Waals surface area contributed by atoms with Gasteiger partial charge in [0, 0.05) is 17.7 Å². The number of methoxy groups -OCH3 is 1. The zero-order valence-corrected chi connectivity index (χ0v) is 14.1. The lowest BCUT2D eigenvalue weighted by molar-refractivity contribution is -0.384. The van der Waals surface area contributed by atoms with Gasteiger partial charge in [0.2, 0.25) is 0 Å². The van der Waals surface area contributed by atoms with Crippen LogP contribution in [0.15, 0.2) is 53.7 Å². The largest absolute Gasteiger partial charge is 0.497 e. The van der Waals surface area contributed by atoms with Crippen molar-refractivity contribution in [1.82, 2.24) is 0 Å². The van der Waals surface area contributed by atoms with E-state index in [1.54, 1.807) is 31.4 Å². The summed E-state index contributed by atoms with van der Waals surface area (Å²) in [6.45, 7) is 1.49. The molecule has 9 heteroatoms. The fourth-order valence-electron chi connectivity index (χ4n) is 1.91. The number of oxime groups is 1. The van der Waals surface area contributed by atoms with E-state index in [1.165, 1.54) is 31.2 Å². The number of nitro groups is 1. The molecule has 0 bridgehead atoms. The second kappa shape index (κ2) is 8.47. The first-order valence-corrected chi connectivity index (χ1v) is 7.50. The predicted octanol–water partition coefficient (Wildman–Crippen LogP) is 2.23. The van der Waals surface area contributed by atoms with Crippen molar-refractivity contribution in [1.29, 1.82) is 0 Å². The highest BCUT2D eigenvalue weighted by Gasteiger charge is 2.17. The number of carbonyl (C=O) groups is 1. The third kappa shape index (κ3) is 4.94. The summed E-state index contributed by atoms with van der Waals surface area (Å²) in [5.74, 6) is 0.167. The van der Waals surface area contributed by atoms with Gasteiger partial charge in [0.15, 0.2) is 11.9 Å². The van der Waals surface area contributed by atoms with Crippen LogP contribution in [0.4, 0.5) is 5.69 Å². The maximum Gasteiger partial charge on any atom is 0.374 e. The van der Waals surface area contributed by atoms with Crippen molar-refractivity contribution in [3.8, 4) is 11.5 Å². The van der Waals surface area contributed by atoms with Crippen LogP contribution in [0.5, 0.6) is 11.5 Å². The Morgan fingerprint density at radius 2 is 1.85 bits per heavy atom.